The molecule has 1 N–H and O–H groups in total. The van der Waals surface area contributed by atoms with Crippen LogP contribution in [-0.4, -0.2) is 37.3 Å². The summed E-state index contributed by atoms with van der Waals surface area (Å²) in [5, 5.41) is 2.68. The Balaban J connectivity index is 2.45. The van der Waals surface area contributed by atoms with E-state index in [0.29, 0.717) is 25.6 Å². The first kappa shape index (κ1) is 14.9. The molecule has 2 heterocycles. The molecular weight excluding hydrogens is 271 g/mol. The maximum absolute atomic E-state index is 12.9. The zero-order chi connectivity index (χ0) is 15.0. The van der Waals surface area contributed by atoms with E-state index in [-0.39, 0.29) is 11.4 Å². The first-order valence-electron chi connectivity index (χ1n) is 6.36. The van der Waals surface area contributed by atoms with Gasteiger partial charge in [0.2, 0.25) is 0 Å². The average Bonchev–Trinajstić information content (AvgIpc) is 2.36. The van der Waals surface area contributed by atoms with Crippen molar-refractivity contribution in [3.8, 4) is 0 Å². The van der Waals surface area contributed by atoms with Crippen LogP contribution in [0.3, 0.4) is 0 Å². The topological polar surface area (TPSA) is 37.4 Å². The van der Waals surface area contributed by atoms with Gasteiger partial charge in [-0.3, -0.25) is 0 Å². The number of alkyl halides is 3. The normalized spacial score (nSPS) is 19.0. The van der Waals surface area contributed by atoms with E-state index in [0.717, 1.165) is 12.1 Å². The summed E-state index contributed by atoms with van der Waals surface area (Å²) in [6, 6.07) is 2.10. The standard InChI is InChI=1S/C13H18F3N3O/c1-12(2)8-20-5-4-19(12)11-7-9(13(14,15)16)6-10(17-3)18-11/h6-7H,4-5,8H2,1-3H3,(H,17,18). The van der Waals surface area contributed by atoms with E-state index in [9.17, 15) is 13.2 Å². The number of pyridine rings is 1. The fourth-order valence-electron chi connectivity index (χ4n) is 2.23. The predicted molar refractivity (Wildman–Crippen MR) is 71.0 cm³/mol. The molecule has 0 saturated carbocycles. The Bertz CT molecular complexity index is 488. The minimum Gasteiger partial charge on any atom is -0.377 e. The molecule has 0 unspecified atom stereocenters. The molecule has 1 saturated heterocycles. The molecule has 2 rings (SSSR count). The molecule has 1 aliphatic rings. The van der Waals surface area contributed by atoms with Crippen LogP contribution in [0.15, 0.2) is 12.1 Å². The molecule has 1 fully saturated rings. The third-order valence-electron chi connectivity index (χ3n) is 3.32. The van der Waals surface area contributed by atoms with Crippen LogP contribution in [0.1, 0.15) is 19.4 Å². The summed E-state index contributed by atoms with van der Waals surface area (Å²) in [5.74, 6) is 0.523. The molecule has 112 valence electrons. The van der Waals surface area contributed by atoms with Crippen molar-refractivity contribution in [2.24, 2.45) is 0 Å². The molecule has 1 aromatic heterocycles. The second-order valence-corrected chi connectivity index (χ2v) is 5.36. The Kier molecular flexibility index (Phi) is 3.82. The van der Waals surface area contributed by atoms with Gasteiger partial charge in [-0.05, 0) is 26.0 Å². The molecule has 7 heteroatoms. The van der Waals surface area contributed by atoms with Gasteiger partial charge in [0.15, 0.2) is 0 Å². The second-order valence-electron chi connectivity index (χ2n) is 5.36. The minimum absolute atomic E-state index is 0.206. The van der Waals surface area contributed by atoms with Gasteiger partial charge in [-0.2, -0.15) is 13.2 Å². The van der Waals surface area contributed by atoms with E-state index in [4.69, 9.17) is 4.74 Å². The van der Waals surface area contributed by atoms with Gasteiger partial charge in [0, 0.05) is 13.6 Å². The fourth-order valence-corrected chi connectivity index (χ4v) is 2.23. The van der Waals surface area contributed by atoms with Gasteiger partial charge in [-0.15, -0.1) is 0 Å². The molecule has 20 heavy (non-hydrogen) atoms. The monoisotopic (exact) mass is 289 g/mol. The van der Waals surface area contributed by atoms with Crippen LogP contribution in [0.2, 0.25) is 0 Å². The van der Waals surface area contributed by atoms with Gasteiger partial charge in [0.1, 0.15) is 11.6 Å². The number of aromatic nitrogens is 1. The van der Waals surface area contributed by atoms with Crippen molar-refractivity contribution in [3.05, 3.63) is 17.7 Å². The number of hydrogen-bond acceptors (Lipinski definition) is 4. The number of nitrogens with zero attached hydrogens (tertiary/aromatic N) is 2. The molecule has 0 amide bonds. The molecular formula is C13H18F3N3O. The lowest BCUT2D eigenvalue weighted by Gasteiger charge is -2.43. The van der Waals surface area contributed by atoms with Crippen molar-refractivity contribution >= 4 is 11.6 Å². The van der Waals surface area contributed by atoms with Crippen LogP contribution in [0.4, 0.5) is 24.8 Å². The van der Waals surface area contributed by atoms with Crippen molar-refractivity contribution in [1.82, 2.24) is 4.98 Å². The van der Waals surface area contributed by atoms with Crippen molar-refractivity contribution in [3.63, 3.8) is 0 Å². The molecule has 0 radical (unpaired) electrons. The molecule has 0 aromatic carbocycles. The van der Waals surface area contributed by atoms with E-state index in [1.165, 1.54) is 0 Å². The van der Waals surface area contributed by atoms with Crippen LogP contribution in [0, 0.1) is 0 Å². The molecule has 4 nitrogen and oxygen atoms in total. The van der Waals surface area contributed by atoms with E-state index in [2.05, 4.69) is 10.3 Å². The number of morpholine rings is 1. The van der Waals surface area contributed by atoms with Crippen LogP contribution in [-0.2, 0) is 10.9 Å². The van der Waals surface area contributed by atoms with Gasteiger partial charge in [0.05, 0.1) is 24.3 Å². The highest BCUT2D eigenvalue weighted by molar-refractivity contribution is 5.52. The summed E-state index contributed by atoms with van der Waals surface area (Å²) in [6.45, 7) is 5.31. The summed E-state index contributed by atoms with van der Waals surface area (Å²) in [5.41, 5.74) is -1.09. The maximum Gasteiger partial charge on any atom is 0.416 e. The fraction of sp³-hybridized carbons (Fsp3) is 0.615. The Morgan fingerprint density at radius 1 is 1.35 bits per heavy atom. The zero-order valence-electron chi connectivity index (χ0n) is 11.7. The lowest BCUT2D eigenvalue weighted by molar-refractivity contribution is -0.137. The molecule has 1 aliphatic heterocycles. The van der Waals surface area contributed by atoms with Gasteiger partial charge >= 0.3 is 6.18 Å². The zero-order valence-corrected chi connectivity index (χ0v) is 11.7. The highest BCUT2D eigenvalue weighted by Crippen LogP contribution is 2.34. The number of ether oxygens (including phenoxy) is 1. The van der Waals surface area contributed by atoms with Crippen LogP contribution in [0.5, 0.6) is 0 Å². The van der Waals surface area contributed by atoms with Crippen molar-refractivity contribution in [2.45, 2.75) is 25.6 Å². The first-order chi connectivity index (χ1) is 9.24. The third kappa shape index (κ3) is 2.98. The summed E-state index contributed by atoms with van der Waals surface area (Å²) >= 11 is 0. The van der Waals surface area contributed by atoms with Crippen molar-refractivity contribution in [2.75, 3.05) is 37.0 Å². The minimum atomic E-state index is -4.39. The maximum atomic E-state index is 12.9. The second kappa shape index (κ2) is 5.12. The van der Waals surface area contributed by atoms with E-state index in [1.807, 2.05) is 18.7 Å². The van der Waals surface area contributed by atoms with Crippen molar-refractivity contribution in [1.29, 1.82) is 0 Å². The van der Waals surface area contributed by atoms with E-state index < -0.39 is 11.7 Å². The van der Waals surface area contributed by atoms with Crippen LogP contribution < -0.4 is 10.2 Å². The Hall–Kier alpha value is -1.50. The number of hydrogen-bond donors (Lipinski definition) is 1. The molecule has 0 atom stereocenters. The number of nitrogens with one attached hydrogen (secondary N) is 1. The molecule has 0 spiro atoms. The molecule has 0 aliphatic carbocycles. The van der Waals surface area contributed by atoms with Crippen LogP contribution >= 0.6 is 0 Å². The predicted octanol–water partition coefficient (Wildman–Crippen LogP) is 2.76. The number of rotatable bonds is 2. The lowest BCUT2D eigenvalue weighted by Crippen LogP contribution is -2.53. The summed E-state index contributed by atoms with van der Waals surface area (Å²) in [7, 11) is 1.55. The van der Waals surface area contributed by atoms with E-state index in [1.54, 1.807) is 7.05 Å². The Morgan fingerprint density at radius 2 is 2.05 bits per heavy atom. The van der Waals surface area contributed by atoms with Gasteiger partial charge in [-0.1, -0.05) is 0 Å². The first-order valence-corrected chi connectivity index (χ1v) is 6.36. The van der Waals surface area contributed by atoms with E-state index >= 15 is 0 Å². The van der Waals surface area contributed by atoms with Crippen LogP contribution in [0.25, 0.3) is 0 Å². The number of anilines is 2. The number of halogens is 3. The van der Waals surface area contributed by atoms with Gasteiger partial charge < -0.3 is 15.0 Å². The highest BCUT2D eigenvalue weighted by atomic mass is 19.4. The lowest BCUT2D eigenvalue weighted by atomic mass is 10.0. The van der Waals surface area contributed by atoms with Gasteiger partial charge in [0.25, 0.3) is 0 Å². The summed E-state index contributed by atoms with van der Waals surface area (Å²) < 4.78 is 44.2. The quantitative estimate of drug-likeness (QED) is 0.908. The third-order valence-corrected chi connectivity index (χ3v) is 3.32. The largest absolute Gasteiger partial charge is 0.416 e. The molecule has 1 aromatic rings. The summed E-state index contributed by atoms with van der Waals surface area (Å²) in [4.78, 5) is 6.10. The average molecular weight is 289 g/mol. The summed E-state index contributed by atoms with van der Waals surface area (Å²) in [6.07, 6.45) is -4.39. The van der Waals surface area contributed by atoms with Crippen molar-refractivity contribution < 1.29 is 17.9 Å². The molecule has 0 bridgehead atoms. The van der Waals surface area contributed by atoms with Gasteiger partial charge in [-0.25, -0.2) is 4.98 Å². The smallest absolute Gasteiger partial charge is 0.377 e. The highest BCUT2D eigenvalue weighted by Gasteiger charge is 2.35. The SMILES string of the molecule is CNc1cc(C(F)(F)F)cc(N2CCOCC2(C)C)n1. The Morgan fingerprint density at radius 3 is 2.60 bits per heavy atom. The Labute approximate surface area is 115 Å².